The minimum atomic E-state index is 0.0313. The number of rotatable bonds is 3. The minimum Gasteiger partial charge on any atom is -0.486 e. The zero-order chi connectivity index (χ0) is 13.9. The predicted octanol–water partition coefficient (Wildman–Crippen LogP) is 2.59. The van der Waals surface area contributed by atoms with Gasteiger partial charge in [0.2, 0.25) is 0 Å². The number of hydrogen-bond donors (Lipinski definition) is 0. The third-order valence-corrected chi connectivity index (χ3v) is 3.31. The molecule has 102 valence electrons. The van der Waals surface area contributed by atoms with Crippen molar-refractivity contribution >= 4 is 5.78 Å². The lowest BCUT2D eigenvalue weighted by molar-refractivity contribution is 0.0990. The van der Waals surface area contributed by atoms with Crippen LogP contribution in [0.25, 0.3) is 0 Å². The van der Waals surface area contributed by atoms with E-state index in [0.29, 0.717) is 36.7 Å². The van der Waals surface area contributed by atoms with Crippen LogP contribution in [0, 0.1) is 6.92 Å². The van der Waals surface area contributed by atoms with Gasteiger partial charge in [-0.25, -0.2) is 0 Å². The molecule has 3 rings (SSSR count). The van der Waals surface area contributed by atoms with Crippen LogP contribution in [0.5, 0.6) is 11.5 Å². The van der Waals surface area contributed by atoms with E-state index in [0.717, 1.165) is 11.3 Å². The van der Waals surface area contributed by atoms with Crippen LogP contribution in [0.1, 0.15) is 21.6 Å². The molecule has 1 aromatic heterocycles. The molecule has 0 amide bonds. The number of aryl methyl sites for hydroxylation is 1. The zero-order valence-electron chi connectivity index (χ0n) is 11.3. The molecular weight excluding hydrogens is 254 g/mol. The summed E-state index contributed by atoms with van der Waals surface area (Å²) in [6.07, 6.45) is 2.01. The van der Waals surface area contributed by atoms with Crippen LogP contribution in [-0.4, -0.2) is 24.0 Å². The summed E-state index contributed by atoms with van der Waals surface area (Å²) >= 11 is 0. The van der Waals surface area contributed by atoms with Crippen LogP contribution in [-0.2, 0) is 6.42 Å². The topological polar surface area (TPSA) is 48.4 Å². The molecule has 0 fully saturated rings. The van der Waals surface area contributed by atoms with Crippen LogP contribution in [0.2, 0.25) is 0 Å². The van der Waals surface area contributed by atoms with Gasteiger partial charge in [0.25, 0.3) is 0 Å². The van der Waals surface area contributed by atoms with Gasteiger partial charge < -0.3 is 9.47 Å². The van der Waals surface area contributed by atoms with Gasteiger partial charge in [0.15, 0.2) is 17.3 Å². The second-order valence-electron chi connectivity index (χ2n) is 4.73. The summed E-state index contributed by atoms with van der Waals surface area (Å²) in [5.41, 5.74) is 2.46. The van der Waals surface area contributed by atoms with Gasteiger partial charge in [0.05, 0.1) is 12.1 Å². The van der Waals surface area contributed by atoms with Crippen LogP contribution in [0.15, 0.2) is 36.5 Å². The number of ketones is 1. The highest BCUT2D eigenvalue weighted by atomic mass is 16.6. The Morgan fingerprint density at radius 2 is 2.00 bits per heavy atom. The monoisotopic (exact) mass is 269 g/mol. The van der Waals surface area contributed by atoms with E-state index in [1.165, 1.54) is 0 Å². The first kappa shape index (κ1) is 12.7. The summed E-state index contributed by atoms with van der Waals surface area (Å²) in [5, 5.41) is 0. The van der Waals surface area contributed by atoms with E-state index in [1.807, 2.05) is 19.1 Å². The minimum absolute atomic E-state index is 0.0313. The Hall–Kier alpha value is -2.36. The molecule has 0 spiro atoms. The molecule has 0 bridgehead atoms. The Kier molecular flexibility index (Phi) is 3.37. The Morgan fingerprint density at radius 1 is 1.20 bits per heavy atom. The first-order chi connectivity index (χ1) is 9.74. The fourth-order valence-electron chi connectivity index (χ4n) is 2.17. The lowest BCUT2D eigenvalue weighted by Crippen LogP contribution is -2.16. The zero-order valence-corrected chi connectivity index (χ0v) is 11.3. The van der Waals surface area contributed by atoms with Gasteiger partial charge in [-0.2, -0.15) is 0 Å². The maximum Gasteiger partial charge on any atom is 0.168 e. The van der Waals surface area contributed by atoms with Crippen molar-refractivity contribution in [3.05, 3.63) is 53.3 Å². The first-order valence-electron chi connectivity index (χ1n) is 6.57. The van der Waals surface area contributed by atoms with E-state index >= 15 is 0 Å². The summed E-state index contributed by atoms with van der Waals surface area (Å²) in [5.74, 6) is 1.37. The van der Waals surface area contributed by atoms with Gasteiger partial charge in [-0.1, -0.05) is 6.07 Å². The van der Waals surface area contributed by atoms with Gasteiger partial charge in [0, 0.05) is 11.8 Å². The van der Waals surface area contributed by atoms with Crippen molar-refractivity contribution in [3.8, 4) is 11.5 Å². The Labute approximate surface area is 117 Å². The molecule has 0 radical (unpaired) electrons. The third kappa shape index (κ3) is 2.50. The average Bonchev–Trinajstić information content (AvgIpc) is 2.49. The molecule has 0 saturated heterocycles. The van der Waals surface area contributed by atoms with Crippen molar-refractivity contribution in [2.45, 2.75) is 13.3 Å². The second kappa shape index (κ2) is 5.33. The fraction of sp³-hybridized carbons (Fsp3) is 0.250. The molecule has 0 aliphatic carbocycles. The molecule has 2 heterocycles. The number of benzene rings is 1. The normalized spacial score (nSPS) is 13.1. The molecule has 2 aromatic rings. The number of aromatic nitrogens is 1. The number of hydrogen-bond acceptors (Lipinski definition) is 4. The number of fused-ring (bicyclic) bond motifs is 1. The average molecular weight is 269 g/mol. The fourth-order valence-corrected chi connectivity index (χ4v) is 2.17. The number of ether oxygens (including phenoxy) is 2. The van der Waals surface area contributed by atoms with Crippen LogP contribution in [0.3, 0.4) is 0 Å². The highest BCUT2D eigenvalue weighted by molar-refractivity contribution is 5.98. The number of carbonyl (C=O) groups is 1. The van der Waals surface area contributed by atoms with Crippen molar-refractivity contribution in [2.24, 2.45) is 0 Å². The van der Waals surface area contributed by atoms with Crippen molar-refractivity contribution in [3.63, 3.8) is 0 Å². The lowest BCUT2D eigenvalue weighted by atomic mass is 10.0. The molecule has 1 aliphatic rings. The number of Topliss-reactive ketones (excluding diaryl/α,β-unsaturated/α-hetero) is 1. The Bertz CT molecular complexity index is 652. The van der Waals surface area contributed by atoms with Gasteiger partial charge in [-0.05, 0) is 36.8 Å². The summed E-state index contributed by atoms with van der Waals surface area (Å²) in [4.78, 5) is 16.6. The van der Waals surface area contributed by atoms with E-state index in [1.54, 1.807) is 24.4 Å². The molecule has 4 heteroatoms. The maximum absolute atomic E-state index is 12.3. The number of nitrogens with zero attached hydrogens (tertiary/aromatic N) is 1. The van der Waals surface area contributed by atoms with Gasteiger partial charge in [0.1, 0.15) is 13.2 Å². The van der Waals surface area contributed by atoms with Gasteiger partial charge in [-0.3, -0.25) is 9.78 Å². The second-order valence-corrected chi connectivity index (χ2v) is 4.73. The number of pyridine rings is 1. The van der Waals surface area contributed by atoms with Crippen molar-refractivity contribution in [1.29, 1.82) is 0 Å². The van der Waals surface area contributed by atoms with Gasteiger partial charge >= 0.3 is 0 Å². The van der Waals surface area contributed by atoms with E-state index in [-0.39, 0.29) is 5.78 Å². The largest absolute Gasteiger partial charge is 0.486 e. The molecule has 0 atom stereocenters. The molecule has 0 N–H and O–H groups in total. The van der Waals surface area contributed by atoms with E-state index < -0.39 is 0 Å². The standard InChI is InChI=1S/C16H15NO3/c1-11-3-2-6-17-13(11)10-14(18)12-4-5-15-16(9-12)20-8-7-19-15/h2-6,9H,7-8,10H2,1H3. The van der Waals surface area contributed by atoms with E-state index in [4.69, 9.17) is 9.47 Å². The lowest BCUT2D eigenvalue weighted by Gasteiger charge is -2.18. The van der Waals surface area contributed by atoms with Crippen molar-refractivity contribution in [2.75, 3.05) is 13.2 Å². The van der Waals surface area contributed by atoms with Crippen molar-refractivity contribution < 1.29 is 14.3 Å². The molecule has 0 saturated carbocycles. The van der Waals surface area contributed by atoms with E-state index in [9.17, 15) is 4.79 Å². The van der Waals surface area contributed by atoms with Crippen LogP contribution >= 0.6 is 0 Å². The molecule has 1 aromatic carbocycles. The summed E-state index contributed by atoms with van der Waals surface area (Å²) in [6.45, 7) is 3.02. The Morgan fingerprint density at radius 3 is 2.80 bits per heavy atom. The van der Waals surface area contributed by atoms with E-state index in [2.05, 4.69) is 4.98 Å². The smallest absolute Gasteiger partial charge is 0.168 e. The number of carbonyl (C=O) groups excluding carboxylic acids is 1. The quantitative estimate of drug-likeness (QED) is 0.804. The highest BCUT2D eigenvalue weighted by Gasteiger charge is 2.16. The third-order valence-electron chi connectivity index (χ3n) is 3.31. The SMILES string of the molecule is Cc1cccnc1CC(=O)c1ccc2c(c1)OCCO2. The highest BCUT2D eigenvalue weighted by Crippen LogP contribution is 2.31. The van der Waals surface area contributed by atoms with Crippen molar-refractivity contribution in [1.82, 2.24) is 4.98 Å². The summed E-state index contributed by atoms with van der Waals surface area (Å²) in [7, 11) is 0. The van der Waals surface area contributed by atoms with Crippen LogP contribution < -0.4 is 9.47 Å². The maximum atomic E-state index is 12.3. The molecule has 0 unspecified atom stereocenters. The molecular formula is C16H15NO3. The molecule has 1 aliphatic heterocycles. The summed E-state index contributed by atoms with van der Waals surface area (Å²) in [6, 6.07) is 9.13. The Balaban J connectivity index is 1.82. The molecule has 4 nitrogen and oxygen atoms in total. The predicted molar refractivity (Wildman–Crippen MR) is 74.4 cm³/mol. The summed E-state index contributed by atoms with van der Waals surface area (Å²) < 4.78 is 10.9. The van der Waals surface area contributed by atoms with Crippen LogP contribution in [0.4, 0.5) is 0 Å². The first-order valence-corrected chi connectivity index (χ1v) is 6.57. The van der Waals surface area contributed by atoms with Gasteiger partial charge in [-0.15, -0.1) is 0 Å². The molecule has 20 heavy (non-hydrogen) atoms.